The van der Waals surface area contributed by atoms with Crippen molar-refractivity contribution in [1.29, 1.82) is 0 Å². The molecule has 1 unspecified atom stereocenters. The van der Waals surface area contributed by atoms with Crippen LogP contribution in [-0.2, 0) is 11.3 Å². The quantitative estimate of drug-likeness (QED) is 0.490. The zero-order valence-electron chi connectivity index (χ0n) is 16.7. The summed E-state index contributed by atoms with van der Waals surface area (Å²) in [5.74, 6) is 0.732. The van der Waals surface area contributed by atoms with E-state index in [0.29, 0.717) is 28.5 Å². The summed E-state index contributed by atoms with van der Waals surface area (Å²) in [5.41, 5.74) is 7.41. The van der Waals surface area contributed by atoms with E-state index in [1.54, 1.807) is 36.0 Å². The monoisotopic (exact) mass is 418 g/mol. The summed E-state index contributed by atoms with van der Waals surface area (Å²) < 4.78 is 26.9. The SMILES string of the molecule is COC1C=c2nccc(OCc3nnc4ccc(-c5ccc(N)c(F)c5)nn34)c2=CC1. The number of hydrogen-bond donors (Lipinski definition) is 1. The second kappa shape index (κ2) is 7.77. The Balaban J connectivity index is 1.45. The number of rotatable bonds is 5. The minimum Gasteiger partial charge on any atom is -0.485 e. The second-order valence-electron chi connectivity index (χ2n) is 7.12. The maximum absolute atomic E-state index is 13.9. The number of nitrogen functional groups attached to an aromatic ring is 1. The summed E-state index contributed by atoms with van der Waals surface area (Å²) in [4.78, 5) is 4.40. The van der Waals surface area contributed by atoms with E-state index >= 15 is 0 Å². The molecule has 0 aliphatic heterocycles. The molecule has 0 bridgehead atoms. The van der Waals surface area contributed by atoms with Crippen LogP contribution in [0.4, 0.5) is 10.1 Å². The van der Waals surface area contributed by atoms with E-state index in [-0.39, 0.29) is 18.4 Å². The molecule has 0 amide bonds. The van der Waals surface area contributed by atoms with Crippen LogP contribution in [0.25, 0.3) is 29.1 Å². The number of halogens is 1. The molecule has 4 aromatic rings. The van der Waals surface area contributed by atoms with Crippen LogP contribution in [0.1, 0.15) is 12.2 Å². The van der Waals surface area contributed by atoms with Gasteiger partial charge in [0.05, 0.1) is 22.8 Å². The standard InChI is InChI=1S/C22H19FN6O2/c1-30-14-3-4-15-19(11-14)25-9-8-20(15)31-12-22-27-26-21-7-6-18(28-29(21)22)13-2-5-17(24)16(23)10-13/h2,4-11,14H,3,12,24H2,1H3. The molecular weight excluding hydrogens is 399 g/mol. The van der Waals surface area contributed by atoms with Crippen molar-refractivity contribution in [3.63, 3.8) is 0 Å². The Morgan fingerprint density at radius 1 is 1.19 bits per heavy atom. The smallest absolute Gasteiger partial charge is 0.192 e. The van der Waals surface area contributed by atoms with Crippen molar-refractivity contribution < 1.29 is 13.9 Å². The molecule has 1 aliphatic carbocycles. The van der Waals surface area contributed by atoms with Gasteiger partial charge in [0, 0.05) is 24.1 Å². The molecule has 0 spiro atoms. The van der Waals surface area contributed by atoms with Crippen molar-refractivity contribution in [3.05, 3.63) is 64.8 Å². The summed E-state index contributed by atoms with van der Waals surface area (Å²) in [5, 5.41) is 14.6. The summed E-state index contributed by atoms with van der Waals surface area (Å²) in [6.45, 7) is 0.158. The first-order valence-electron chi connectivity index (χ1n) is 9.72. The predicted molar refractivity (Wildman–Crippen MR) is 113 cm³/mol. The molecule has 2 N–H and O–H groups in total. The minimum atomic E-state index is -0.488. The van der Waals surface area contributed by atoms with E-state index in [1.165, 1.54) is 12.1 Å². The number of benzene rings is 1. The zero-order valence-corrected chi connectivity index (χ0v) is 16.7. The maximum atomic E-state index is 13.9. The van der Waals surface area contributed by atoms with Gasteiger partial charge in [-0.1, -0.05) is 12.1 Å². The van der Waals surface area contributed by atoms with Gasteiger partial charge < -0.3 is 15.2 Å². The molecule has 3 aromatic heterocycles. The predicted octanol–water partition coefficient (Wildman–Crippen LogP) is 1.47. The average molecular weight is 418 g/mol. The van der Waals surface area contributed by atoms with E-state index in [1.807, 2.05) is 12.1 Å². The fourth-order valence-electron chi connectivity index (χ4n) is 3.48. The number of methoxy groups -OCH3 is 1. The normalized spacial score (nSPS) is 15.2. The third-order valence-electron chi connectivity index (χ3n) is 5.16. The highest BCUT2D eigenvalue weighted by atomic mass is 19.1. The minimum absolute atomic E-state index is 0.0106. The highest BCUT2D eigenvalue weighted by Gasteiger charge is 2.13. The van der Waals surface area contributed by atoms with E-state index < -0.39 is 5.82 Å². The van der Waals surface area contributed by atoms with Gasteiger partial charge in [0.1, 0.15) is 18.2 Å². The van der Waals surface area contributed by atoms with Gasteiger partial charge >= 0.3 is 0 Å². The van der Waals surface area contributed by atoms with Gasteiger partial charge in [-0.25, -0.2) is 4.39 Å². The third kappa shape index (κ3) is 3.59. The molecule has 0 fully saturated rings. The number of fused-ring (bicyclic) bond motifs is 2. The van der Waals surface area contributed by atoms with E-state index in [2.05, 4.69) is 26.4 Å². The summed E-state index contributed by atoms with van der Waals surface area (Å²) in [6.07, 6.45) is 6.50. The topological polar surface area (TPSA) is 100 Å². The molecule has 9 heteroatoms. The molecule has 5 rings (SSSR count). The fraction of sp³-hybridized carbons (Fsp3) is 0.182. The van der Waals surface area contributed by atoms with Gasteiger partial charge in [0.25, 0.3) is 0 Å². The maximum Gasteiger partial charge on any atom is 0.192 e. The fourth-order valence-corrected chi connectivity index (χ4v) is 3.48. The first-order valence-corrected chi connectivity index (χ1v) is 9.72. The largest absolute Gasteiger partial charge is 0.485 e. The van der Waals surface area contributed by atoms with E-state index in [0.717, 1.165) is 17.0 Å². The first kappa shape index (κ1) is 19.1. The molecule has 3 heterocycles. The van der Waals surface area contributed by atoms with Crippen molar-refractivity contribution in [1.82, 2.24) is 24.8 Å². The third-order valence-corrected chi connectivity index (χ3v) is 5.16. The molecule has 0 saturated heterocycles. The Bertz CT molecular complexity index is 1400. The number of anilines is 1. The average Bonchev–Trinajstić information content (AvgIpc) is 3.21. The van der Waals surface area contributed by atoms with Gasteiger partial charge in [-0.05, 0) is 42.8 Å². The Morgan fingerprint density at radius 3 is 2.94 bits per heavy atom. The highest BCUT2D eigenvalue weighted by molar-refractivity contribution is 5.63. The number of aromatic nitrogens is 5. The summed E-state index contributed by atoms with van der Waals surface area (Å²) >= 11 is 0. The lowest BCUT2D eigenvalue weighted by atomic mass is 10.1. The van der Waals surface area contributed by atoms with Gasteiger partial charge in [0.2, 0.25) is 0 Å². The molecule has 1 atom stereocenters. The van der Waals surface area contributed by atoms with Gasteiger partial charge in [0.15, 0.2) is 11.5 Å². The van der Waals surface area contributed by atoms with Gasteiger partial charge in [-0.2, -0.15) is 9.61 Å². The first-order chi connectivity index (χ1) is 15.1. The Kier molecular flexibility index (Phi) is 4.79. The van der Waals surface area contributed by atoms with Crippen molar-refractivity contribution in [2.75, 3.05) is 12.8 Å². The lowest BCUT2D eigenvalue weighted by Gasteiger charge is -2.13. The van der Waals surface area contributed by atoms with Crippen molar-refractivity contribution in [2.24, 2.45) is 0 Å². The van der Waals surface area contributed by atoms with Crippen molar-refractivity contribution >= 4 is 23.5 Å². The van der Waals surface area contributed by atoms with Crippen molar-refractivity contribution in [3.8, 4) is 17.0 Å². The lowest BCUT2D eigenvalue weighted by Crippen LogP contribution is -2.35. The molecule has 31 heavy (non-hydrogen) atoms. The Labute approximate surface area is 176 Å². The number of nitrogens with two attached hydrogens (primary N) is 1. The van der Waals surface area contributed by atoms with E-state index in [4.69, 9.17) is 15.2 Å². The molecule has 0 radical (unpaired) electrons. The Hall–Kier alpha value is -3.85. The van der Waals surface area contributed by atoms with Crippen LogP contribution >= 0.6 is 0 Å². The van der Waals surface area contributed by atoms with Gasteiger partial charge in [-0.15, -0.1) is 10.2 Å². The van der Waals surface area contributed by atoms with Gasteiger partial charge in [-0.3, -0.25) is 4.98 Å². The lowest BCUT2D eigenvalue weighted by molar-refractivity contribution is 0.157. The molecule has 1 aliphatic rings. The molecule has 8 nitrogen and oxygen atoms in total. The Morgan fingerprint density at radius 2 is 2.10 bits per heavy atom. The zero-order chi connectivity index (χ0) is 21.4. The summed E-state index contributed by atoms with van der Waals surface area (Å²) in [6, 6.07) is 9.93. The van der Waals surface area contributed by atoms with Crippen LogP contribution in [0, 0.1) is 5.82 Å². The molecule has 0 saturated carbocycles. The number of pyridine rings is 1. The van der Waals surface area contributed by atoms with Crippen LogP contribution < -0.4 is 21.0 Å². The van der Waals surface area contributed by atoms with E-state index in [9.17, 15) is 4.39 Å². The van der Waals surface area contributed by atoms with Crippen LogP contribution in [0.15, 0.2) is 42.6 Å². The number of hydrogen-bond acceptors (Lipinski definition) is 7. The van der Waals surface area contributed by atoms with Crippen LogP contribution in [0.5, 0.6) is 5.75 Å². The summed E-state index contributed by atoms with van der Waals surface area (Å²) in [7, 11) is 1.68. The molecule has 156 valence electrons. The van der Waals surface area contributed by atoms with Crippen LogP contribution in [0.3, 0.4) is 0 Å². The van der Waals surface area contributed by atoms with Crippen molar-refractivity contribution in [2.45, 2.75) is 19.1 Å². The highest BCUT2D eigenvalue weighted by Crippen LogP contribution is 2.21. The molecular formula is C22H19FN6O2. The molecule has 1 aromatic carbocycles. The van der Waals surface area contributed by atoms with Crippen LogP contribution in [0.2, 0.25) is 0 Å². The number of nitrogens with zero attached hydrogens (tertiary/aromatic N) is 5. The number of ether oxygens (including phenoxy) is 2. The van der Waals surface area contributed by atoms with Crippen LogP contribution in [-0.4, -0.2) is 38.0 Å². The second-order valence-corrected chi connectivity index (χ2v) is 7.12.